The van der Waals surface area contributed by atoms with Crippen LogP contribution in [0.2, 0.25) is 0 Å². The van der Waals surface area contributed by atoms with Crippen molar-refractivity contribution in [2.45, 2.75) is 180 Å². The summed E-state index contributed by atoms with van der Waals surface area (Å²) >= 11 is 0. The van der Waals surface area contributed by atoms with E-state index in [2.05, 4.69) is 37.0 Å². The van der Waals surface area contributed by atoms with Crippen molar-refractivity contribution in [2.24, 2.45) is 11.8 Å². The van der Waals surface area contributed by atoms with Gasteiger partial charge in [0.2, 0.25) is 0 Å². The maximum Gasteiger partial charge on any atom is 0.481 e. The van der Waals surface area contributed by atoms with E-state index in [9.17, 15) is 43.5 Å². The van der Waals surface area contributed by atoms with Crippen LogP contribution in [0.25, 0.3) is 0 Å². The zero-order chi connectivity index (χ0) is 43.8. The molecule has 0 radical (unpaired) electrons. The highest BCUT2D eigenvalue weighted by Gasteiger charge is 2.46. The minimum absolute atomic E-state index is 0.0529. The second kappa shape index (κ2) is 28.4. The maximum absolute atomic E-state index is 12.7. The first-order valence-corrected chi connectivity index (χ1v) is 24.3. The molecule has 2 rings (SSSR count). The third-order valence-corrected chi connectivity index (χ3v) is 12.8. The van der Waals surface area contributed by atoms with Crippen LogP contribution in [0, 0.1) is 11.8 Å². The molecular weight excluding hydrogens is 812 g/mol. The molecular formula is C39H71N3O15P2. The van der Waals surface area contributed by atoms with Crippen LogP contribution in [0.5, 0.6) is 0 Å². The van der Waals surface area contributed by atoms with Gasteiger partial charge in [-0.05, 0) is 30.7 Å². The highest BCUT2D eigenvalue weighted by molar-refractivity contribution is 7.61. The van der Waals surface area contributed by atoms with Crippen LogP contribution in [0.3, 0.4) is 0 Å². The summed E-state index contributed by atoms with van der Waals surface area (Å²) in [7, 11) is -10.8. The van der Waals surface area contributed by atoms with Crippen molar-refractivity contribution in [2.75, 3.05) is 25.6 Å². The molecule has 0 saturated carbocycles. The number of esters is 2. The molecule has 20 heteroatoms. The number of nitrogens with zero attached hydrogens (tertiary/aromatic N) is 2. The van der Waals surface area contributed by atoms with Crippen LogP contribution < -0.4 is 11.4 Å². The van der Waals surface area contributed by atoms with Gasteiger partial charge < -0.3 is 39.9 Å². The van der Waals surface area contributed by atoms with Gasteiger partial charge in [-0.2, -0.15) is 9.29 Å². The molecule has 1 aliphatic rings. The summed E-state index contributed by atoms with van der Waals surface area (Å²) in [6.45, 7) is 6.60. The van der Waals surface area contributed by atoms with Crippen molar-refractivity contribution in [3.05, 3.63) is 22.7 Å². The lowest BCUT2D eigenvalue weighted by Crippen LogP contribution is -2.36. The molecule has 0 aliphatic carbocycles. The molecule has 4 unspecified atom stereocenters. The lowest BCUT2D eigenvalue weighted by Gasteiger charge is -2.21. The SMILES string of the molecule is CCC(C)CCCCCCCCC(=O)OC[C@H](COP(=O)(O)OP(=O)(O)OC[C@H]1O[C@@H](n2ccc(N)nc2=O)C(O)[C@H]1O)OC(=O)CCCCCCCCCCC(C)C. The first-order chi connectivity index (χ1) is 27.9. The number of aliphatic hydroxyl groups excluding tert-OH is 2. The van der Waals surface area contributed by atoms with Crippen LogP contribution in [0.1, 0.15) is 156 Å². The summed E-state index contributed by atoms with van der Waals surface area (Å²) in [5.74, 6) is 0.143. The average Bonchev–Trinajstić information content (AvgIpc) is 3.44. The number of nitrogen functional groups attached to an aromatic ring is 1. The fourth-order valence-electron chi connectivity index (χ4n) is 6.41. The minimum atomic E-state index is -5.41. The van der Waals surface area contributed by atoms with Crippen molar-refractivity contribution >= 4 is 33.4 Å². The van der Waals surface area contributed by atoms with Gasteiger partial charge in [0.15, 0.2) is 12.3 Å². The molecule has 1 aromatic heterocycles. The predicted octanol–water partition coefficient (Wildman–Crippen LogP) is 6.87. The third-order valence-electron chi connectivity index (χ3n) is 10.2. The highest BCUT2D eigenvalue weighted by Crippen LogP contribution is 2.60. The number of rotatable bonds is 33. The van der Waals surface area contributed by atoms with E-state index >= 15 is 0 Å². The quantitative estimate of drug-likeness (QED) is 0.0274. The van der Waals surface area contributed by atoms with Crippen LogP contribution in [0.15, 0.2) is 17.1 Å². The van der Waals surface area contributed by atoms with Gasteiger partial charge in [0.1, 0.15) is 30.7 Å². The van der Waals surface area contributed by atoms with E-state index in [1.807, 2.05) is 0 Å². The van der Waals surface area contributed by atoms with Crippen molar-refractivity contribution < 1.29 is 66.3 Å². The van der Waals surface area contributed by atoms with Crippen molar-refractivity contribution in [1.29, 1.82) is 0 Å². The highest BCUT2D eigenvalue weighted by atomic mass is 31.3. The van der Waals surface area contributed by atoms with E-state index in [0.29, 0.717) is 18.8 Å². The topological polar surface area (TPSA) is 265 Å². The van der Waals surface area contributed by atoms with E-state index in [4.69, 9.17) is 29.0 Å². The van der Waals surface area contributed by atoms with Gasteiger partial charge >= 0.3 is 33.3 Å². The van der Waals surface area contributed by atoms with Gasteiger partial charge in [-0.25, -0.2) is 13.9 Å². The normalized spacial score (nSPS) is 21.2. The number of aromatic nitrogens is 2. The molecule has 8 atom stereocenters. The van der Waals surface area contributed by atoms with Gasteiger partial charge in [-0.3, -0.25) is 23.2 Å². The molecule has 1 fully saturated rings. The number of hydrogen-bond acceptors (Lipinski definition) is 15. The van der Waals surface area contributed by atoms with E-state index in [-0.39, 0.29) is 18.7 Å². The van der Waals surface area contributed by atoms with Crippen molar-refractivity contribution in [3.63, 3.8) is 0 Å². The number of nitrogens with two attached hydrogens (primary N) is 1. The number of carbonyl (C=O) groups excluding carboxylic acids is 2. The molecule has 2 heterocycles. The number of unbranched alkanes of at least 4 members (excludes halogenated alkanes) is 12. The number of phosphoric acid groups is 2. The lowest BCUT2D eigenvalue weighted by atomic mass is 10.00. The monoisotopic (exact) mass is 883 g/mol. The number of phosphoric ester groups is 2. The largest absolute Gasteiger partial charge is 0.481 e. The summed E-state index contributed by atoms with van der Waals surface area (Å²) in [5, 5.41) is 20.8. The zero-order valence-electron chi connectivity index (χ0n) is 35.4. The second-order valence-electron chi connectivity index (χ2n) is 15.9. The Bertz CT molecular complexity index is 1520. The molecule has 0 spiro atoms. The average molecular weight is 884 g/mol. The van der Waals surface area contributed by atoms with Crippen LogP contribution in [-0.4, -0.2) is 85.7 Å². The molecule has 18 nitrogen and oxygen atoms in total. The fourth-order valence-corrected chi connectivity index (χ4v) is 8.52. The second-order valence-corrected chi connectivity index (χ2v) is 19.0. The number of carbonyl (C=O) groups is 2. The molecule has 6 N–H and O–H groups in total. The molecule has 0 aromatic carbocycles. The summed E-state index contributed by atoms with van der Waals surface area (Å²) in [5.41, 5.74) is 4.57. The number of ether oxygens (including phenoxy) is 3. The predicted molar refractivity (Wildman–Crippen MR) is 220 cm³/mol. The van der Waals surface area contributed by atoms with Crippen LogP contribution in [-0.2, 0) is 46.3 Å². The smallest absolute Gasteiger partial charge is 0.462 e. The van der Waals surface area contributed by atoms with Crippen LogP contribution >= 0.6 is 15.6 Å². The zero-order valence-corrected chi connectivity index (χ0v) is 37.2. The van der Waals surface area contributed by atoms with E-state index < -0.39 is 83.7 Å². The Labute approximate surface area is 349 Å². The lowest BCUT2D eigenvalue weighted by molar-refractivity contribution is -0.161. The fraction of sp³-hybridized carbons (Fsp3) is 0.846. The minimum Gasteiger partial charge on any atom is -0.462 e. The summed E-state index contributed by atoms with van der Waals surface area (Å²) in [6.07, 6.45) is 11.2. The number of hydrogen-bond donors (Lipinski definition) is 5. The van der Waals surface area contributed by atoms with Gasteiger partial charge in [0.25, 0.3) is 0 Å². The first-order valence-electron chi connectivity index (χ1n) is 21.3. The molecule has 342 valence electrons. The Hall–Kier alpha value is -2.24. The molecule has 0 amide bonds. The van der Waals surface area contributed by atoms with Crippen molar-refractivity contribution in [3.8, 4) is 0 Å². The Morgan fingerprint density at radius 2 is 1.36 bits per heavy atom. The van der Waals surface area contributed by atoms with Crippen LogP contribution in [0.4, 0.5) is 5.82 Å². The van der Waals surface area contributed by atoms with Crippen molar-refractivity contribution in [1.82, 2.24) is 9.55 Å². The van der Waals surface area contributed by atoms with Gasteiger partial charge in [0.05, 0.1) is 13.2 Å². The Balaban J connectivity index is 1.87. The Morgan fingerprint density at radius 3 is 1.93 bits per heavy atom. The molecule has 1 aliphatic heterocycles. The van der Waals surface area contributed by atoms with E-state index in [0.717, 1.165) is 68.0 Å². The van der Waals surface area contributed by atoms with E-state index in [1.54, 1.807) is 0 Å². The van der Waals surface area contributed by atoms with Gasteiger partial charge in [-0.15, -0.1) is 0 Å². The molecule has 0 bridgehead atoms. The summed E-state index contributed by atoms with van der Waals surface area (Å²) in [6, 6.07) is 1.25. The summed E-state index contributed by atoms with van der Waals surface area (Å²) < 4.78 is 56.4. The third kappa shape index (κ3) is 23.0. The van der Waals surface area contributed by atoms with Gasteiger partial charge in [0, 0.05) is 19.0 Å². The Morgan fingerprint density at radius 1 is 0.814 bits per heavy atom. The molecule has 59 heavy (non-hydrogen) atoms. The maximum atomic E-state index is 12.7. The van der Waals surface area contributed by atoms with E-state index in [1.165, 1.54) is 51.0 Å². The summed E-state index contributed by atoms with van der Waals surface area (Å²) in [4.78, 5) is 61.4. The number of anilines is 1. The van der Waals surface area contributed by atoms with Gasteiger partial charge in [-0.1, -0.05) is 124 Å². The standard InChI is InChI=1S/C39H71N3O15P2/c1-5-30(4)21-17-13-10-11-14-18-22-34(43)52-26-31(55-35(44)23-19-15-9-7-6-8-12-16-20-29(2)3)27-53-58(48,49)57-59(50,51)54-28-32-36(45)37(46)38(56-32)42-25-24-33(40)41-39(42)47/h24-25,29-32,36-38,45-46H,5-23,26-28H2,1-4H3,(H,48,49)(H,50,51)(H2,40,41,47)/t30?,31-,32-,36+,37?,38-/m1/s1. The number of aliphatic hydroxyl groups is 2. The molecule has 1 saturated heterocycles. The molecule has 1 aromatic rings. The Kier molecular flexibility index (Phi) is 25.4. The first kappa shape index (κ1) is 52.9.